The Labute approximate surface area is 108 Å². The highest BCUT2D eigenvalue weighted by molar-refractivity contribution is 9.10. The van der Waals surface area contributed by atoms with Gasteiger partial charge in [0.1, 0.15) is 11.6 Å². The van der Waals surface area contributed by atoms with Crippen LogP contribution in [0.15, 0.2) is 16.6 Å². The van der Waals surface area contributed by atoms with Gasteiger partial charge in [-0.1, -0.05) is 29.8 Å². The molecule has 0 aromatic heterocycles. The topological polar surface area (TPSA) is 46.2 Å². The van der Waals surface area contributed by atoms with Gasteiger partial charge in [-0.2, -0.15) is 0 Å². The Balaban J connectivity index is 3.15. The lowest BCUT2D eigenvalue weighted by molar-refractivity contribution is 0.0793. The third-order valence-electron chi connectivity index (χ3n) is 2.87. The third kappa shape index (κ3) is 3.24. The molecule has 1 aromatic rings. The van der Waals surface area contributed by atoms with Gasteiger partial charge >= 0.3 is 0 Å². The maximum Gasteiger partial charge on any atom is 0.133 e. The van der Waals surface area contributed by atoms with E-state index in [2.05, 4.69) is 15.9 Å². The SMILES string of the molecule is CC(C)C(CN)C(O)c1c(F)cc(Br)cc1F. The molecule has 0 aliphatic heterocycles. The fourth-order valence-electron chi connectivity index (χ4n) is 1.82. The maximum absolute atomic E-state index is 13.7. The van der Waals surface area contributed by atoms with Crippen LogP contribution in [0.1, 0.15) is 25.5 Å². The summed E-state index contributed by atoms with van der Waals surface area (Å²) >= 11 is 2.99. The summed E-state index contributed by atoms with van der Waals surface area (Å²) in [6, 6.07) is 2.27. The molecule has 0 amide bonds. The van der Waals surface area contributed by atoms with E-state index >= 15 is 0 Å². The third-order valence-corrected chi connectivity index (χ3v) is 3.33. The predicted molar refractivity (Wildman–Crippen MR) is 66.4 cm³/mol. The van der Waals surface area contributed by atoms with Crippen molar-refractivity contribution >= 4 is 15.9 Å². The van der Waals surface area contributed by atoms with Crippen molar-refractivity contribution < 1.29 is 13.9 Å². The molecule has 0 aliphatic rings. The summed E-state index contributed by atoms with van der Waals surface area (Å²) < 4.78 is 27.6. The van der Waals surface area contributed by atoms with Crippen molar-refractivity contribution in [1.29, 1.82) is 0 Å². The van der Waals surface area contributed by atoms with E-state index in [0.717, 1.165) is 12.1 Å². The molecular weight excluding hydrogens is 292 g/mol. The molecule has 0 radical (unpaired) electrons. The van der Waals surface area contributed by atoms with Crippen molar-refractivity contribution in [3.05, 3.63) is 33.8 Å². The fourth-order valence-corrected chi connectivity index (χ4v) is 2.22. The van der Waals surface area contributed by atoms with E-state index in [9.17, 15) is 13.9 Å². The average molecular weight is 308 g/mol. The second-order valence-electron chi connectivity index (χ2n) is 4.37. The lowest BCUT2D eigenvalue weighted by atomic mass is 9.86. The van der Waals surface area contributed by atoms with Crippen molar-refractivity contribution in [1.82, 2.24) is 0 Å². The first-order valence-corrected chi connectivity index (χ1v) is 6.20. The summed E-state index contributed by atoms with van der Waals surface area (Å²) in [6.45, 7) is 3.89. The smallest absolute Gasteiger partial charge is 0.133 e. The first kappa shape index (κ1) is 14.5. The summed E-state index contributed by atoms with van der Waals surface area (Å²) in [5, 5.41) is 10.0. The molecule has 96 valence electrons. The van der Waals surface area contributed by atoms with Gasteiger partial charge in [0.2, 0.25) is 0 Å². The first-order chi connectivity index (χ1) is 7.88. The molecule has 2 nitrogen and oxygen atoms in total. The largest absolute Gasteiger partial charge is 0.388 e. The normalized spacial score (nSPS) is 15.1. The predicted octanol–water partition coefficient (Wildman–Crippen LogP) is 2.99. The van der Waals surface area contributed by atoms with Crippen LogP contribution in [0.4, 0.5) is 8.78 Å². The van der Waals surface area contributed by atoms with Gasteiger partial charge in [0.25, 0.3) is 0 Å². The number of rotatable bonds is 4. The van der Waals surface area contributed by atoms with Gasteiger partial charge in [-0.3, -0.25) is 0 Å². The van der Waals surface area contributed by atoms with Crippen LogP contribution in [0, 0.1) is 23.5 Å². The Bertz CT molecular complexity index is 375. The molecular formula is C12H16BrF2NO. The minimum atomic E-state index is -1.23. The van der Waals surface area contributed by atoms with Gasteiger partial charge in [0, 0.05) is 10.4 Å². The lowest BCUT2D eigenvalue weighted by Gasteiger charge is -2.25. The van der Waals surface area contributed by atoms with Crippen LogP contribution in [0.5, 0.6) is 0 Å². The van der Waals surface area contributed by atoms with Crippen LogP contribution in [0.25, 0.3) is 0 Å². The average Bonchev–Trinajstić information content (AvgIpc) is 2.15. The lowest BCUT2D eigenvalue weighted by Crippen LogP contribution is -2.27. The van der Waals surface area contributed by atoms with E-state index < -0.39 is 17.7 Å². The minimum Gasteiger partial charge on any atom is -0.388 e. The van der Waals surface area contributed by atoms with Crippen LogP contribution in [-0.4, -0.2) is 11.7 Å². The summed E-state index contributed by atoms with van der Waals surface area (Å²) in [4.78, 5) is 0. The molecule has 0 bridgehead atoms. The Morgan fingerprint density at radius 3 is 2.12 bits per heavy atom. The molecule has 5 heteroatoms. The first-order valence-electron chi connectivity index (χ1n) is 5.41. The molecule has 0 saturated carbocycles. The fraction of sp³-hybridized carbons (Fsp3) is 0.500. The van der Waals surface area contributed by atoms with Gasteiger partial charge in [-0.15, -0.1) is 0 Å². The molecule has 1 rings (SSSR count). The number of hydrogen-bond acceptors (Lipinski definition) is 2. The molecule has 0 heterocycles. The van der Waals surface area contributed by atoms with E-state index in [0.29, 0.717) is 4.47 Å². The zero-order chi connectivity index (χ0) is 13.2. The quantitative estimate of drug-likeness (QED) is 0.898. The summed E-state index contributed by atoms with van der Waals surface area (Å²) in [5.41, 5.74) is 5.22. The number of aliphatic hydroxyl groups excluding tert-OH is 1. The second-order valence-corrected chi connectivity index (χ2v) is 5.29. The van der Waals surface area contributed by atoms with Crippen LogP contribution >= 0.6 is 15.9 Å². The summed E-state index contributed by atoms with van der Waals surface area (Å²) in [6.07, 6.45) is -1.23. The van der Waals surface area contributed by atoms with Crippen molar-refractivity contribution in [3.63, 3.8) is 0 Å². The van der Waals surface area contributed by atoms with Crippen molar-refractivity contribution in [2.75, 3.05) is 6.54 Å². The molecule has 0 fully saturated rings. The number of aliphatic hydroxyl groups is 1. The Morgan fingerprint density at radius 1 is 1.29 bits per heavy atom. The Hall–Kier alpha value is -0.520. The highest BCUT2D eigenvalue weighted by Crippen LogP contribution is 2.32. The monoisotopic (exact) mass is 307 g/mol. The van der Waals surface area contributed by atoms with Gasteiger partial charge in [-0.05, 0) is 24.6 Å². The van der Waals surface area contributed by atoms with Gasteiger partial charge < -0.3 is 10.8 Å². The molecule has 2 atom stereocenters. The summed E-state index contributed by atoms with van der Waals surface area (Å²) in [7, 11) is 0. The molecule has 3 N–H and O–H groups in total. The summed E-state index contributed by atoms with van der Waals surface area (Å²) in [5.74, 6) is -1.86. The minimum absolute atomic E-state index is 0.0393. The molecule has 17 heavy (non-hydrogen) atoms. The number of benzene rings is 1. The van der Waals surface area contributed by atoms with Crippen molar-refractivity contribution in [3.8, 4) is 0 Å². The number of halogens is 3. The highest BCUT2D eigenvalue weighted by Gasteiger charge is 2.28. The van der Waals surface area contributed by atoms with Crippen molar-refractivity contribution in [2.24, 2.45) is 17.6 Å². The zero-order valence-electron chi connectivity index (χ0n) is 9.75. The maximum atomic E-state index is 13.7. The van der Waals surface area contributed by atoms with Crippen molar-refractivity contribution in [2.45, 2.75) is 20.0 Å². The van der Waals surface area contributed by atoms with Crippen LogP contribution in [-0.2, 0) is 0 Å². The van der Waals surface area contributed by atoms with Gasteiger partial charge in [-0.25, -0.2) is 8.78 Å². The molecule has 2 unspecified atom stereocenters. The van der Waals surface area contributed by atoms with E-state index in [-0.39, 0.29) is 23.9 Å². The Morgan fingerprint density at radius 2 is 1.76 bits per heavy atom. The van der Waals surface area contributed by atoms with Crippen LogP contribution in [0.3, 0.4) is 0 Å². The van der Waals surface area contributed by atoms with E-state index in [1.165, 1.54) is 0 Å². The zero-order valence-corrected chi connectivity index (χ0v) is 11.3. The molecule has 0 spiro atoms. The number of hydrogen-bond donors (Lipinski definition) is 2. The van der Waals surface area contributed by atoms with Crippen LogP contribution in [0.2, 0.25) is 0 Å². The standard InChI is InChI=1S/C12H16BrF2NO/c1-6(2)8(5-16)12(17)11-9(14)3-7(13)4-10(11)15/h3-4,6,8,12,17H,5,16H2,1-2H3. The molecule has 0 saturated heterocycles. The molecule has 0 aliphatic carbocycles. The number of nitrogens with two attached hydrogens (primary N) is 1. The van der Waals surface area contributed by atoms with E-state index in [1.807, 2.05) is 13.8 Å². The second kappa shape index (κ2) is 5.89. The Kier molecular flexibility index (Phi) is 5.04. The van der Waals surface area contributed by atoms with E-state index in [1.54, 1.807) is 0 Å². The van der Waals surface area contributed by atoms with Crippen LogP contribution < -0.4 is 5.73 Å². The van der Waals surface area contributed by atoms with Gasteiger partial charge in [0.15, 0.2) is 0 Å². The van der Waals surface area contributed by atoms with Gasteiger partial charge in [0.05, 0.1) is 11.7 Å². The molecule has 1 aromatic carbocycles. The highest BCUT2D eigenvalue weighted by atomic mass is 79.9. The van der Waals surface area contributed by atoms with E-state index in [4.69, 9.17) is 5.73 Å².